The van der Waals surface area contributed by atoms with Gasteiger partial charge in [-0.05, 0) is 51.4 Å². The van der Waals surface area contributed by atoms with Crippen molar-refractivity contribution in [3.8, 4) is 0 Å². The van der Waals surface area contributed by atoms with Crippen LogP contribution in [0.2, 0.25) is 0 Å². The molecule has 2 aliphatic heterocycles. The van der Waals surface area contributed by atoms with E-state index in [1.54, 1.807) is 20.1 Å². The summed E-state index contributed by atoms with van der Waals surface area (Å²) in [6, 6.07) is 0.344. The van der Waals surface area contributed by atoms with E-state index in [0.29, 0.717) is 11.8 Å². The van der Waals surface area contributed by atoms with Crippen LogP contribution in [0.25, 0.3) is 0 Å². The minimum atomic E-state index is -0.439. The Hall–Kier alpha value is -1.88. The monoisotopic (exact) mass is 341 g/mol. The lowest BCUT2D eigenvalue weighted by molar-refractivity contribution is -0.141. The molecule has 0 aromatic carbocycles. The molecule has 2 saturated heterocycles. The number of hydrogen-bond acceptors (Lipinski definition) is 5. The normalized spacial score (nSPS) is 44.2. The van der Waals surface area contributed by atoms with Crippen molar-refractivity contribution in [1.29, 1.82) is 0 Å². The number of methoxy groups -OCH3 is 1. The van der Waals surface area contributed by atoms with Gasteiger partial charge >= 0.3 is 0 Å². The van der Waals surface area contributed by atoms with E-state index in [-0.39, 0.29) is 34.7 Å². The molecule has 2 heterocycles. The number of rotatable bonds is 2. The van der Waals surface area contributed by atoms with Crippen molar-refractivity contribution >= 4 is 11.6 Å². The SMILES string of the molecule is COC1=C2O[C@H]3C(=O)C=C[C@H]4[C@H]5CC(C(C(C)=O)=C1)C2[C@@]34CCN5C. The Labute approximate surface area is 147 Å². The van der Waals surface area contributed by atoms with Crippen molar-refractivity contribution < 1.29 is 19.1 Å². The molecule has 5 rings (SSSR count). The molecule has 25 heavy (non-hydrogen) atoms. The highest BCUT2D eigenvalue weighted by molar-refractivity contribution is 5.97. The van der Waals surface area contributed by atoms with Crippen LogP contribution in [0.4, 0.5) is 0 Å². The van der Waals surface area contributed by atoms with Crippen LogP contribution in [0.5, 0.6) is 0 Å². The predicted molar refractivity (Wildman–Crippen MR) is 90.4 cm³/mol. The lowest BCUT2D eigenvalue weighted by Gasteiger charge is -2.59. The molecule has 2 bridgehead atoms. The summed E-state index contributed by atoms with van der Waals surface area (Å²) in [5, 5.41) is 0. The average Bonchev–Trinajstić information content (AvgIpc) is 2.94. The molecule has 0 aromatic heterocycles. The van der Waals surface area contributed by atoms with E-state index in [1.165, 1.54) is 0 Å². The van der Waals surface area contributed by atoms with Gasteiger partial charge in [-0.3, -0.25) is 9.59 Å². The topological polar surface area (TPSA) is 55.8 Å². The number of carbonyl (C=O) groups excluding carboxylic acids is 2. The zero-order chi connectivity index (χ0) is 17.5. The molecular weight excluding hydrogens is 318 g/mol. The maximum Gasteiger partial charge on any atom is 0.196 e. The molecule has 5 aliphatic rings. The number of hydrogen-bond donors (Lipinski definition) is 0. The molecule has 0 radical (unpaired) electrons. The third-order valence-corrected chi connectivity index (χ3v) is 7.27. The molecule has 0 aromatic rings. The highest BCUT2D eigenvalue weighted by Crippen LogP contribution is 2.67. The van der Waals surface area contributed by atoms with Gasteiger partial charge < -0.3 is 14.4 Å². The van der Waals surface area contributed by atoms with Crippen LogP contribution in [0.15, 0.2) is 35.3 Å². The molecule has 1 saturated carbocycles. The van der Waals surface area contributed by atoms with E-state index in [1.807, 2.05) is 6.08 Å². The first kappa shape index (κ1) is 15.4. The summed E-state index contributed by atoms with van der Waals surface area (Å²) in [6.45, 7) is 2.59. The number of likely N-dealkylation sites (tertiary alicyclic amines) is 1. The Balaban J connectivity index is 1.76. The minimum absolute atomic E-state index is 0.0573. The van der Waals surface area contributed by atoms with Gasteiger partial charge in [0.2, 0.25) is 0 Å². The van der Waals surface area contributed by atoms with Crippen LogP contribution in [0.3, 0.4) is 0 Å². The highest BCUT2D eigenvalue weighted by Gasteiger charge is 2.70. The van der Waals surface area contributed by atoms with Crippen molar-refractivity contribution in [3.63, 3.8) is 0 Å². The largest absolute Gasteiger partial charge is 0.493 e. The molecule has 5 nitrogen and oxygen atoms in total. The first-order valence-corrected chi connectivity index (χ1v) is 9.08. The molecule has 132 valence electrons. The van der Waals surface area contributed by atoms with Crippen molar-refractivity contribution in [2.45, 2.75) is 31.9 Å². The van der Waals surface area contributed by atoms with E-state index in [9.17, 15) is 9.59 Å². The Morgan fingerprint density at radius 2 is 2.24 bits per heavy atom. The summed E-state index contributed by atoms with van der Waals surface area (Å²) in [5.74, 6) is 2.04. The number of piperidine rings is 1. The quantitative estimate of drug-likeness (QED) is 0.767. The summed E-state index contributed by atoms with van der Waals surface area (Å²) in [6.07, 6.45) is 7.07. The molecule has 3 fully saturated rings. The molecule has 2 unspecified atom stereocenters. The predicted octanol–water partition coefficient (Wildman–Crippen LogP) is 1.85. The summed E-state index contributed by atoms with van der Waals surface area (Å²) in [5.41, 5.74) is 0.593. The summed E-state index contributed by atoms with van der Waals surface area (Å²) in [4.78, 5) is 27.5. The Morgan fingerprint density at radius 1 is 1.44 bits per heavy atom. The van der Waals surface area contributed by atoms with E-state index in [0.717, 1.165) is 30.7 Å². The van der Waals surface area contributed by atoms with Crippen LogP contribution < -0.4 is 0 Å². The lowest BCUT2D eigenvalue weighted by atomic mass is 9.47. The molecular formula is C20H23NO4. The fourth-order valence-electron chi connectivity index (χ4n) is 6.28. The maximum absolute atomic E-state index is 12.7. The number of nitrogens with zero attached hydrogens (tertiary/aromatic N) is 1. The second kappa shape index (κ2) is 4.85. The van der Waals surface area contributed by atoms with E-state index in [4.69, 9.17) is 9.47 Å². The van der Waals surface area contributed by atoms with E-state index >= 15 is 0 Å². The van der Waals surface area contributed by atoms with Gasteiger partial charge in [-0.15, -0.1) is 0 Å². The van der Waals surface area contributed by atoms with Gasteiger partial charge in [0.1, 0.15) is 5.76 Å². The van der Waals surface area contributed by atoms with Crippen molar-refractivity contribution in [3.05, 3.63) is 35.3 Å². The van der Waals surface area contributed by atoms with Crippen LogP contribution >= 0.6 is 0 Å². The number of allylic oxidation sites excluding steroid dienone is 3. The Bertz CT molecular complexity index is 779. The maximum atomic E-state index is 12.7. The molecule has 1 spiro atoms. The van der Waals surface area contributed by atoms with E-state index < -0.39 is 6.10 Å². The van der Waals surface area contributed by atoms with Crippen LogP contribution in [-0.2, 0) is 19.1 Å². The third kappa shape index (κ3) is 1.67. The first-order chi connectivity index (χ1) is 12.0. The average molecular weight is 341 g/mol. The molecule has 3 aliphatic carbocycles. The lowest BCUT2D eigenvalue weighted by Crippen LogP contribution is -2.65. The van der Waals surface area contributed by atoms with Crippen LogP contribution in [0, 0.1) is 23.2 Å². The standard InChI is InChI=1S/C20H23NO4/c1-10(22)11-9-16(24-3)18-17-12(11)8-14-13-4-5-15(23)19(25-18)20(13,17)6-7-21(14)2/h4-5,9,12-14,17,19H,6-8H2,1-3H3/t12?,13-,14+,17?,19-,20-/m0/s1. The number of carbonyl (C=O) groups is 2. The second-order valence-corrected chi connectivity index (χ2v) is 8.10. The van der Waals surface area contributed by atoms with E-state index in [2.05, 4.69) is 18.0 Å². The molecule has 6 atom stereocenters. The summed E-state index contributed by atoms with van der Waals surface area (Å²) in [7, 11) is 3.77. The Kier molecular flexibility index (Phi) is 2.98. The van der Waals surface area contributed by atoms with Gasteiger partial charge in [-0.25, -0.2) is 0 Å². The fraction of sp³-hybridized carbons (Fsp3) is 0.600. The summed E-state index contributed by atoms with van der Waals surface area (Å²) >= 11 is 0. The fourth-order valence-corrected chi connectivity index (χ4v) is 6.28. The van der Waals surface area contributed by atoms with Gasteiger partial charge in [-0.1, -0.05) is 6.08 Å². The molecule has 0 amide bonds. The zero-order valence-electron chi connectivity index (χ0n) is 14.8. The number of Topliss-reactive ketones (excluding diaryl/α,β-unsaturated/α-hetero) is 1. The van der Waals surface area contributed by atoms with Crippen LogP contribution in [-0.4, -0.2) is 49.3 Å². The van der Waals surface area contributed by atoms with Crippen molar-refractivity contribution in [2.75, 3.05) is 20.7 Å². The first-order valence-electron chi connectivity index (χ1n) is 9.08. The molecule has 5 heteroatoms. The van der Waals surface area contributed by atoms with Crippen molar-refractivity contribution in [1.82, 2.24) is 4.90 Å². The third-order valence-electron chi connectivity index (χ3n) is 7.27. The van der Waals surface area contributed by atoms with Gasteiger partial charge in [0.15, 0.2) is 23.4 Å². The highest BCUT2D eigenvalue weighted by atomic mass is 16.5. The van der Waals surface area contributed by atoms with Gasteiger partial charge in [-0.2, -0.15) is 0 Å². The van der Waals surface area contributed by atoms with Gasteiger partial charge in [0, 0.05) is 28.9 Å². The molecule has 0 N–H and O–H groups in total. The van der Waals surface area contributed by atoms with Gasteiger partial charge in [0.25, 0.3) is 0 Å². The summed E-state index contributed by atoms with van der Waals surface area (Å²) < 4.78 is 11.9. The zero-order valence-corrected chi connectivity index (χ0v) is 14.8. The minimum Gasteiger partial charge on any atom is -0.493 e. The number of ketones is 2. The van der Waals surface area contributed by atoms with Crippen molar-refractivity contribution in [2.24, 2.45) is 23.2 Å². The van der Waals surface area contributed by atoms with Gasteiger partial charge in [0.05, 0.1) is 7.11 Å². The number of ether oxygens (including phenoxy) is 2. The Morgan fingerprint density at radius 3 is 2.96 bits per heavy atom. The smallest absolute Gasteiger partial charge is 0.196 e. The van der Waals surface area contributed by atoms with Crippen LogP contribution in [0.1, 0.15) is 19.8 Å². The second-order valence-electron chi connectivity index (χ2n) is 8.10.